The molecule has 0 saturated carbocycles. The van der Waals surface area contributed by atoms with Crippen LogP contribution in [-0.4, -0.2) is 9.78 Å². The van der Waals surface area contributed by atoms with Crippen LogP contribution in [0.2, 0.25) is 0 Å². The first-order valence-electron chi connectivity index (χ1n) is 6.01. The van der Waals surface area contributed by atoms with Crippen molar-refractivity contribution in [1.82, 2.24) is 9.78 Å². The smallest absolute Gasteiger partial charge is 0.0933 e. The highest BCUT2D eigenvalue weighted by Crippen LogP contribution is 2.30. The van der Waals surface area contributed by atoms with Gasteiger partial charge in [0, 0.05) is 24.5 Å². The van der Waals surface area contributed by atoms with Crippen molar-refractivity contribution in [3.63, 3.8) is 0 Å². The third kappa shape index (κ3) is 1.60. The monoisotopic (exact) mass is 237 g/mol. The number of nitrogens with zero attached hydrogens (tertiary/aromatic N) is 2. The van der Waals surface area contributed by atoms with Crippen molar-refractivity contribution in [3.8, 4) is 11.3 Å². The number of hydrogen-bond acceptors (Lipinski definition) is 2. The molecule has 18 heavy (non-hydrogen) atoms. The second-order valence-corrected chi connectivity index (χ2v) is 4.35. The van der Waals surface area contributed by atoms with E-state index in [1.165, 1.54) is 5.56 Å². The minimum absolute atomic E-state index is 0.531. The van der Waals surface area contributed by atoms with Gasteiger partial charge in [0.05, 0.1) is 11.2 Å². The highest BCUT2D eigenvalue weighted by atomic mass is 15.3. The van der Waals surface area contributed by atoms with E-state index in [2.05, 4.69) is 23.3 Å². The maximum absolute atomic E-state index is 5.84. The molecular weight excluding hydrogens is 222 g/mol. The van der Waals surface area contributed by atoms with Gasteiger partial charge >= 0.3 is 0 Å². The van der Waals surface area contributed by atoms with E-state index < -0.39 is 0 Å². The van der Waals surface area contributed by atoms with E-state index in [0.717, 1.165) is 22.2 Å². The molecular formula is C15H15N3. The Morgan fingerprint density at radius 2 is 1.83 bits per heavy atom. The molecule has 0 radical (unpaired) electrons. The molecule has 2 N–H and O–H groups in total. The summed E-state index contributed by atoms with van der Waals surface area (Å²) in [6.45, 7) is 0.531. The molecule has 0 aliphatic rings. The summed E-state index contributed by atoms with van der Waals surface area (Å²) < 4.78 is 1.93. The van der Waals surface area contributed by atoms with Gasteiger partial charge in [-0.15, -0.1) is 0 Å². The number of fused-ring (bicyclic) bond motifs is 1. The average Bonchev–Trinajstić information content (AvgIpc) is 2.75. The number of hydrogen-bond donors (Lipinski definition) is 1. The van der Waals surface area contributed by atoms with Crippen LogP contribution in [0.4, 0.5) is 0 Å². The van der Waals surface area contributed by atoms with Crippen molar-refractivity contribution in [2.24, 2.45) is 12.8 Å². The van der Waals surface area contributed by atoms with Gasteiger partial charge in [-0.1, -0.05) is 42.5 Å². The van der Waals surface area contributed by atoms with Crippen molar-refractivity contribution in [2.75, 3.05) is 0 Å². The lowest BCUT2D eigenvalue weighted by molar-refractivity contribution is 0.788. The first-order chi connectivity index (χ1) is 8.81. The molecule has 90 valence electrons. The largest absolute Gasteiger partial charge is 0.326 e. The Kier molecular flexibility index (Phi) is 2.61. The van der Waals surface area contributed by atoms with Crippen molar-refractivity contribution in [3.05, 3.63) is 54.1 Å². The predicted molar refractivity (Wildman–Crippen MR) is 74.0 cm³/mol. The SMILES string of the molecule is Cn1nc2cccc(CN)c2c1-c1ccccc1. The quantitative estimate of drug-likeness (QED) is 0.744. The van der Waals surface area contributed by atoms with E-state index in [-0.39, 0.29) is 0 Å². The van der Waals surface area contributed by atoms with Gasteiger partial charge in [0.15, 0.2) is 0 Å². The Morgan fingerprint density at radius 3 is 2.56 bits per heavy atom. The van der Waals surface area contributed by atoms with Crippen LogP contribution >= 0.6 is 0 Å². The molecule has 0 unspecified atom stereocenters. The molecule has 1 aromatic heterocycles. The summed E-state index contributed by atoms with van der Waals surface area (Å²) in [5.41, 5.74) is 10.3. The lowest BCUT2D eigenvalue weighted by Crippen LogP contribution is -1.98. The van der Waals surface area contributed by atoms with Gasteiger partial charge in [-0.2, -0.15) is 5.10 Å². The molecule has 3 heteroatoms. The molecule has 0 amide bonds. The lowest BCUT2D eigenvalue weighted by Gasteiger charge is -2.05. The predicted octanol–water partition coefficient (Wildman–Crippen LogP) is 2.70. The Labute approximate surface area is 106 Å². The Morgan fingerprint density at radius 1 is 1.06 bits per heavy atom. The summed E-state index contributed by atoms with van der Waals surface area (Å²) in [6, 6.07) is 16.4. The number of nitrogens with two attached hydrogens (primary N) is 1. The summed E-state index contributed by atoms with van der Waals surface area (Å²) in [5, 5.41) is 5.72. The fourth-order valence-corrected chi connectivity index (χ4v) is 2.41. The summed E-state index contributed by atoms with van der Waals surface area (Å²) in [7, 11) is 1.97. The van der Waals surface area contributed by atoms with E-state index in [1.54, 1.807) is 0 Å². The Hall–Kier alpha value is -2.13. The summed E-state index contributed by atoms with van der Waals surface area (Å²) in [6.07, 6.45) is 0. The minimum atomic E-state index is 0.531. The van der Waals surface area contributed by atoms with Crippen molar-refractivity contribution in [2.45, 2.75) is 6.54 Å². The van der Waals surface area contributed by atoms with E-state index in [0.29, 0.717) is 6.54 Å². The summed E-state index contributed by atoms with van der Waals surface area (Å²) in [4.78, 5) is 0. The Balaban J connectivity index is 2.38. The molecule has 0 spiro atoms. The molecule has 3 nitrogen and oxygen atoms in total. The van der Waals surface area contributed by atoms with Crippen LogP contribution in [0.15, 0.2) is 48.5 Å². The molecule has 2 aromatic carbocycles. The highest BCUT2D eigenvalue weighted by Gasteiger charge is 2.13. The van der Waals surface area contributed by atoms with E-state index >= 15 is 0 Å². The van der Waals surface area contributed by atoms with Crippen LogP contribution in [0.5, 0.6) is 0 Å². The Bertz CT molecular complexity index is 684. The molecule has 0 aliphatic heterocycles. The number of aromatic nitrogens is 2. The summed E-state index contributed by atoms with van der Waals surface area (Å²) >= 11 is 0. The lowest BCUT2D eigenvalue weighted by atomic mass is 10.0. The van der Waals surface area contributed by atoms with Crippen molar-refractivity contribution < 1.29 is 0 Å². The van der Waals surface area contributed by atoms with Crippen LogP contribution < -0.4 is 5.73 Å². The third-order valence-electron chi connectivity index (χ3n) is 3.21. The van der Waals surface area contributed by atoms with Gasteiger partial charge in [0.2, 0.25) is 0 Å². The van der Waals surface area contributed by atoms with Gasteiger partial charge < -0.3 is 5.73 Å². The van der Waals surface area contributed by atoms with Crippen LogP contribution in [0, 0.1) is 0 Å². The molecule has 3 rings (SSSR count). The van der Waals surface area contributed by atoms with Gasteiger partial charge in [-0.3, -0.25) is 4.68 Å². The zero-order valence-corrected chi connectivity index (χ0v) is 10.3. The number of benzene rings is 2. The molecule has 0 atom stereocenters. The average molecular weight is 237 g/mol. The van der Waals surface area contributed by atoms with Gasteiger partial charge in [0.1, 0.15) is 0 Å². The van der Waals surface area contributed by atoms with Gasteiger partial charge in [-0.05, 0) is 11.6 Å². The van der Waals surface area contributed by atoms with E-state index in [9.17, 15) is 0 Å². The number of rotatable bonds is 2. The highest BCUT2D eigenvalue weighted by molar-refractivity contribution is 5.95. The van der Waals surface area contributed by atoms with Crippen LogP contribution in [-0.2, 0) is 13.6 Å². The summed E-state index contributed by atoms with van der Waals surface area (Å²) in [5.74, 6) is 0. The van der Waals surface area contributed by atoms with Crippen molar-refractivity contribution >= 4 is 10.9 Å². The van der Waals surface area contributed by atoms with Gasteiger partial charge in [0.25, 0.3) is 0 Å². The maximum Gasteiger partial charge on any atom is 0.0933 e. The fourth-order valence-electron chi connectivity index (χ4n) is 2.41. The third-order valence-corrected chi connectivity index (χ3v) is 3.21. The fraction of sp³-hybridized carbons (Fsp3) is 0.133. The van der Waals surface area contributed by atoms with E-state index in [4.69, 9.17) is 5.73 Å². The first-order valence-corrected chi connectivity index (χ1v) is 6.01. The molecule has 0 fully saturated rings. The molecule has 3 aromatic rings. The second-order valence-electron chi connectivity index (χ2n) is 4.35. The van der Waals surface area contributed by atoms with E-state index in [1.807, 2.05) is 42.1 Å². The topological polar surface area (TPSA) is 43.8 Å². The molecule has 0 bridgehead atoms. The van der Waals surface area contributed by atoms with Crippen LogP contribution in [0.25, 0.3) is 22.2 Å². The second kappa shape index (κ2) is 4.27. The molecule has 0 saturated heterocycles. The standard InChI is InChI=1S/C15H15N3/c1-18-15(11-6-3-2-4-7-11)14-12(10-16)8-5-9-13(14)17-18/h2-9H,10,16H2,1H3. The zero-order valence-electron chi connectivity index (χ0n) is 10.3. The number of aryl methyl sites for hydroxylation is 1. The normalized spacial score (nSPS) is 11.0. The van der Waals surface area contributed by atoms with Gasteiger partial charge in [-0.25, -0.2) is 0 Å². The first kappa shape index (κ1) is 11.0. The molecule has 0 aliphatic carbocycles. The van der Waals surface area contributed by atoms with Crippen LogP contribution in [0.1, 0.15) is 5.56 Å². The van der Waals surface area contributed by atoms with Crippen LogP contribution in [0.3, 0.4) is 0 Å². The minimum Gasteiger partial charge on any atom is -0.326 e. The van der Waals surface area contributed by atoms with Crippen molar-refractivity contribution in [1.29, 1.82) is 0 Å². The molecule has 1 heterocycles. The maximum atomic E-state index is 5.84. The zero-order chi connectivity index (χ0) is 12.5.